The van der Waals surface area contributed by atoms with Gasteiger partial charge in [0.2, 0.25) is 11.9 Å². The van der Waals surface area contributed by atoms with Crippen LogP contribution in [0.3, 0.4) is 0 Å². The fourth-order valence-electron chi connectivity index (χ4n) is 7.59. The number of nitrogens with zero attached hydrogens (tertiary/aromatic N) is 5. The number of rotatable bonds is 18. The van der Waals surface area contributed by atoms with Crippen LogP contribution in [0.5, 0.6) is 11.5 Å². The van der Waals surface area contributed by atoms with E-state index in [-0.39, 0.29) is 110 Å². The van der Waals surface area contributed by atoms with Crippen LogP contribution in [0.2, 0.25) is 10.0 Å². The van der Waals surface area contributed by atoms with E-state index in [2.05, 4.69) is 92.3 Å². The van der Waals surface area contributed by atoms with Gasteiger partial charge in [-0.25, -0.2) is 9.97 Å². The van der Waals surface area contributed by atoms with Crippen LogP contribution < -0.4 is 101 Å². The van der Waals surface area contributed by atoms with Gasteiger partial charge in [0.25, 0.3) is 6.47 Å². The van der Waals surface area contributed by atoms with Gasteiger partial charge < -0.3 is 52.9 Å². The Balaban J connectivity index is 0.000000606. The fraction of sp³-hybridized carbons (Fsp3) is 0.533. The number of nitrogens with one attached hydrogen (secondary N) is 4. The number of hydrogen-bond acceptors (Lipinski definition) is 15. The fourth-order valence-corrected chi connectivity index (χ4v) is 9.22. The molecular weight excluding hydrogens is 1150 g/mol. The SMILES string of the molecule is BrCCCBr.FC(F)(F)Oc1ccccc1CNc1ncc(Cl)c(NCC2CCC(N3CCC3)CC2)n1.NC1CCC(CNc2nc(NCc3ccccc3OC(F)(F)F)ncc2Cl)CC1.O=CO[O-].[H-].[Na+].[Na+]. The number of anilines is 4. The molecule has 0 amide bonds. The molecule has 3 fully saturated rings. The van der Waals surface area contributed by atoms with Gasteiger partial charge in [-0.2, -0.15) is 9.97 Å². The first kappa shape index (κ1) is 66.0. The Morgan fingerprint density at radius 1 is 0.708 bits per heavy atom. The number of para-hydroxylation sites is 2. The van der Waals surface area contributed by atoms with Crippen LogP contribution in [-0.2, 0) is 22.8 Å². The number of halogens is 10. The summed E-state index contributed by atoms with van der Waals surface area (Å²) in [5.41, 5.74) is 6.61. The van der Waals surface area contributed by atoms with Crippen molar-refractivity contribution >= 4 is 85.1 Å². The maximum Gasteiger partial charge on any atom is 1.00 e. The van der Waals surface area contributed by atoms with Gasteiger partial charge in [0.15, 0.2) is 0 Å². The van der Waals surface area contributed by atoms with Crippen molar-refractivity contribution < 1.29 is 111 Å². The number of hydrogen-bond donors (Lipinski definition) is 5. The zero-order chi connectivity index (χ0) is 50.9. The molecule has 7 rings (SSSR count). The summed E-state index contributed by atoms with van der Waals surface area (Å²) in [7, 11) is 0. The number of aromatic nitrogens is 4. The predicted octanol–water partition coefficient (Wildman–Crippen LogP) is 4.61. The van der Waals surface area contributed by atoms with Crippen LogP contribution in [0.1, 0.15) is 76.8 Å². The van der Waals surface area contributed by atoms with Crippen LogP contribution in [0, 0.1) is 11.8 Å². The van der Waals surface area contributed by atoms with E-state index in [0.717, 1.165) is 55.5 Å². The third-order valence-electron chi connectivity index (χ3n) is 11.3. The number of carbonyl (C=O) groups excluding carboxylic acids is 1. The topological polar surface area (TPSA) is 197 Å². The molecule has 0 unspecified atom stereocenters. The molecule has 72 heavy (non-hydrogen) atoms. The van der Waals surface area contributed by atoms with Crippen molar-refractivity contribution in [2.45, 2.75) is 102 Å². The first-order valence-electron chi connectivity index (χ1n) is 22.5. The number of likely N-dealkylation sites (tertiary alicyclic amines) is 1. The van der Waals surface area contributed by atoms with E-state index in [9.17, 15) is 26.3 Å². The van der Waals surface area contributed by atoms with Crippen LogP contribution >= 0.6 is 55.1 Å². The average molecular weight is 1210 g/mol. The second-order valence-electron chi connectivity index (χ2n) is 16.3. The molecular formula is C45H58Br2Cl2F6N10Na2O5. The van der Waals surface area contributed by atoms with Crippen molar-refractivity contribution in [3.63, 3.8) is 0 Å². The minimum atomic E-state index is -4.76. The predicted molar refractivity (Wildman–Crippen MR) is 264 cm³/mol. The Hall–Kier alpha value is -2.13. The Bertz CT molecular complexity index is 2160. The Kier molecular flexibility index (Phi) is 32.3. The van der Waals surface area contributed by atoms with Crippen molar-refractivity contribution in [3.05, 3.63) is 82.1 Å². The maximum atomic E-state index is 12.6. The zero-order valence-corrected chi connectivity index (χ0v) is 48.7. The van der Waals surface area contributed by atoms with E-state index in [1.54, 1.807) is 18.2 Å². The van der Waals surface area contributed by atoms with E-state index < -0.39 is 12.7 Å². The summed E-state index contributed by atoms with van der Waals surface area (Å²) < 4.78 is 83.6. The van der Waals surface area contributed by atoms with Gasteiger partial charge in [-0.1, -0.05) is 91.5 Å². The minimum Gasteiger partial charge on any atom is -1.00 e. The number of carbonyl (C=O) groups is 1. The van der Waals surface area contributed by atoms with Crippen LogP contribution in [0.15, 0.2) is 60.9 Å². The largest absolute Gasteiger partial charge is 1.00 e. The molecule has 15 nitrogen and oxygen atoms in total. The molecule has 1 aliphatic heterocycles. The Morgan fingerprint density at radius 3 is 1.46 bits per heavy atom. The molecule has 4 aromatic rings. The van der Waals surface area contributed by atoms with E-state index in [4.69, 9.17) is 39.0 Å². The summed E-state index contributed by atoms with van der Waals surface area (Å²) in [6, 6.07) is 12.9. The van der Waals surface area contributed by atoms with Gasteiger partial charge in [0.1, 0.15) is 33.2 Å². The molecule has 2 aromatic carbocycles. The normalized spacial score (nSPS) is 18.4. The van der Waals surface area contributed by atoms with Crippen molar-refractivity contribution in [2.75, 3.05) is 58.1 Å². The zero-order valence-electron chi connectivity index (χ0n) is 41.0. The number of benzene rings is 2. The summed E-state index contributed by atoms with van der Waals surface area (Å²) in [6.45, 7) is 3.96. The maximum absolute atomic E-state index is 12.6. The number of alkyl halides is 8. The molecule has 1 saturated heterocycles. The van der Waals surface area contributed by atoms with Crippen molar-refractivity contribution in [1.29, 1.82) is 0 Å². The molecule has 6 N–H and O–H groups in total. The summed E-state index contributed by atoms with van der Waals surface area (Å²) in [5.74, 6) is 2.09. The Morgan fingerprint density at radius 2 is 1.11 bits per heavy atom. The average Bonchev–Trinajstić information content (AvgIpc) is 3.31. The number of ether oxygens (including phenoxy) is 2. The van der Waals surface area contributed by atoms with E-state index in [1.165, 1.54) is 94.3 Å². The van der Waals surface area contributed by atoms with Gasteiger partial charge in [0, 0.05) is 60.0 Å². The first-order chi connectivity index (χ1) is 33.5. The standard InChI is InChI=1S/C22H27ClF3N5O.C19H23ClF3N5O.C3H6Br2.CH2O3.2Na.H/c23-18-14-29-21(28-13-16-4-1-2-5-19(16)32-22(24,25)26)30-20(18)27-12-15-6-8-17(9-7-15)31-10-3-11-31;20-15-11-27-18(28-17(15)25-9-12-5-7-14(24)8-6-12)26-10-13-3-1-2-4-16(13)29-19(21,22)23;4-2-1-3-5;2-1-4-3;;;/h1-2,4-5,14-15,17H,3,6-13H2,(H2,27,28,29,30);1-4,11-12,14H,5-10,24H2,(H2,25,26,27,28);1-3H2;1,3H;;;/q;;;;2*+1;-1/p-1. The molecule has 0 radical (unpaired) electrons. The van der Waals surface area contributed by atoms with Gasteiger partial charge >= 0.3 is 71.8 Å². The van der Waals surface area contributed by atoms with Crippen LogP contribution in [-0.4, -0.2) is 93.0 Å². The van der Waals surface area contributed by atoms with Gasteiger partial charge in [-0.3, -0.25) is 4.79 Å². The summed E-state index contributed by atoms with van der Waals surface area (Å²) in [5, 5.41) is 23.9. The minimum absolute atomic E-state index is 0. The molecule has 0 spiro atoms. The molecule has 0 bridgehead atoms. The monoisotopic (exact) mass is 1210 g/mol. The summed E-state index contributed by atoms with van der Waals surface area (Å²) >= 11 is 19.0. The molecule has 2 aliphatic carbocycles. The summed E-state index contributed by atoms with van der Waals surface area (Å²) in [4.78, 5) is 30.8. The van der Waals surface area contributed by atoms with Crippen molar-refractivity contribution in [1.82, 2.24) is 24.8 Å². The second kappa shape index (κ2) is 35.2. The van der Waals surface area contributed by atoms with Crippen molar-refractivity contribution in [2.24, 2.45) is 17.6 Å². The molecule has 3 aliphatic rings. The molecule has 2 aromatic heterocycles. The third-order valence-corrected chi connectivity index (χ3v) is 13.0. The first-order valence-corrected chi connectivity index (χ1v) is 25.5. The molecule has 2 saturated carbocycles. The van der Waals surface area contributed by atoms with E-state index in [1.807, 2.05) is 0 Å². The van der Waals surface area contributed by atoms with Gasteiger partial charge in [-0.05, 0) is 101 Å². The Labute approximate surface area is 488 Å². The van der Waals surface area contributed by atoms with Crippen LogP contribution in [0.4, 0.5) is 49.9 Å². The molecule has 27 heteroatoms. The molecule has 390 valence electrons. The van der Waals surface area contributed by atoms with Crippen molar-refractivity contribution in [3.8, 4) is 11.5 Å². The summed E-state index contributed by atoms with van der Waals surface area (Å²) in [6.07, 6.45) is 4.92. The van der Waals surface area contributed by atoms with Crippen LogP contribution in [0.25, 0.3) is 0 Å². The smallest absolute Gasteiger partial charge is 1.00 e. The third kappa shape index (κ3) is 25.6. The van der Waals surface area contributed by atoms with Gasteiger partial charge in [0.05, 0.1) is 12.4 Å². The molecule has 0 atom stereocenters. The second-order valence-corrected chi connectivity index (χ2v) is 18.7. The quantitative estimate of drug-likeness (QED) is 0.0231. The molecule has 3 heterocycles. The number of nitrogens with two attached hydrogens (primary N) is 1. The van der Waals surface area contributed by atoms with Gasteiger partial charge in [-0.15, -0.1) is 26.3 Å². The van der Waals surface area contributed by atoms with E-state index in [0.29, 0.717) is 44.6 Å². The van der Waals surface area contributed by atoms with E-state index >= 15 is 0 Å².